The summed E-state index contributed by atoms with van der Waals surface area (Å²) in [4.78, 5) is 19.9. The second-order valence-electron chi connectivity index (χ2n) is 5.15. The molecule has 1 aliphatic heterocycles. The van der Waals surface area contributed by atoms with Crippen molar-refractivity contribution in [3.8, 4) is 10.6 Å². The van der Waals surface area contributed by atoms with Gasteiger partial charge in [0.15, 0.2) is 7.85 Å². The summed E-state index contributed by atoms with van der Waals surface area (Å²) in [6, 6.07) is 10.1. The molecule has 1 aromatic heterocycles. The van der Waals surface area contributed by atoms with Crippen molar-refractivity contribution >= 4 is 30.7 Å². The highest BCUT2D eigenvalue weighted by molar-refractivity contribution is 7.18. The Kier molecular flexibility index (Phi) is 3.87. The van der Waals surface area contributed by atoms with E-state index in [0.717, 1.165) is 47.0 Å². The Hall–Kier alpha value is -1.62. The van der Waals surface area contributed by atoms with Crippen LogP contribution in [-0.2, 0) is 0 Å². The first-order chi connectivity index (χ1) is 9.75. The number of benzene rings is 1. The van der Waals surface area contributed by atoms with E-state index in [0.29, 0.717) is 0 Å². The van der Waals surface area contributed by atoms with E-state index in [2.05, 4.69) is 4.98 Å². The normalized spacial score (nSPS) is 15.3. The van der Waals surface area contributed by atoms with Crippen molar-refractivity contribution in [3.05, 3.63) is 35.2 Å². The first-order valence-electron chi connectivity index (χ1n) is 7.08. The molecule has 0 saturated carbocycles. The minimum Gasteiger partial charge on any atom is -0.338 e. The molecule has 0 unspecified atom stereocenters. The van der Waals surface area contributed by atoms with Crippen LogP contribution < -0.4 is 5.59 Å². The second-order valence-corrected chi connectivity index (χ2v) is 6.15. The average Bonchev–Trinajstić information content (AvgIpc) is 2.90. The molecule has 1 aromatic carbocycles. The van der Waals surface area contributed by atoms with Gasteiger partial charge < -0.3 is 4.90 Å². The van der Waals surface area contributed by atoms with Crippen molar-refractivity contribution in [1.29, 1.82) is 0 Å². The zero-order chi connectivity index (χ0) is 13.9. The van der Waals surface area contributed by atoms with E-state index in [9.17, 15) is 4.79 Å². The van der Waals surface area contributed by atoms with Crippen molar-refractivity contribution in [2.45, 2.75) is 19.3 Å². The van der Waals surface area contributed by atoms with E-state index in [1.807, 2.05) is 43.1 Å². The predicted octanol–water partition coefficient (Wildman–Crippen LogP) is 1.69. The maximum atomic E-state index is 12.6. The van der Waals surface area contributed by atoms with E-state index < -0.39 is 0 Å². The number of hydrogen-bond acceptors (Lipinski definition) is 3. The number of likely N-dealkylation sites (tertiary alicyclic amines) is 1. The van der Waals surface area contributed by atoms with E-state index in [-0.39, 0.29) is 5.91 Å². The largest absolute Gasteiger partial charge is 0.338 e. The Morgan fingerprint density at radius 2 is 1.85 bits per heavy atom. The molecule has 0 spiro atoms. The maximum absolute atomic E-state index is 12.6. The second kappa shape index (κ2) is 5.79. The van der Waals surface area contributed by atoms with Crippen LogP contribution in [0.4, 0.5) is 0 Å². The molecule has 2 heterocycles. The number of aromatic nitrogens is 1. The number of nitrogens with zero attached hydrogens (tertiary/aromatic N) is 2. The number of rotatable bonds is 2. The third-order valence-corrected chi connectivity index (χ3v) is 4.85. The fourth-order valence-corrected chi connectivity index (χ4v) is 3.58. The Labute approximate surface area is 124 Å². The molecular formula is C15H17BN2OS. The standard InChI is InChI=1S/C15H17BN2OS/c16-13-12(15(19)18-9-5-2-6-10-18)20-14(17-13)11-7-3-1-4-8-11/h1,3-4,7-8H,2,5-6,9-10,16H2. The molecule has 0 aliphatic carbocycles. The number of hydrogen-bond donors (Lipinski definition) is 0. The number of thiazole rings is 1. The molecule has 3 rings (SSSR count). The van der Waals surface area contributed by atoms with Gasteiger partial charge in [0.05, 0.1) is 0 Å². The summed E-state index contributed by atoms with van der Waals surface area (Å²) < 4.78 is 0. The fourth-order valence-electron chi connectivity index (χ4n) is 2.54. The fraction of sp³-hybridized carbons (Fsp3) is 0.333. The summed E-state index contributed by atoms with van der Waals surface area (Å²) in [7, 11) is 1.93. The first kappa shape index (κ1) is 13.4. The van der Waals surface area contributed by atoms with Crippen molar-refractivity contribution in [2.24, 2.45) is 0 Å². The van der Waals surface area contributed by atoms with Gasteiger partial charge in [-0.15, -0.1) is 11.3 Å². The Morgan fingerprint density at radius 3 is 2.55 bits per heavy atom. The summed E-state index contributed by atoms with van der Waals surface area (Å²) in [6.45, 7) is 1.77. The Bertz CT molecular complexity index is 606. The van der Waals surface area contributed by atoms with Crippen LogP contribution >= 0.6 is 11.3 Å². The van der Waals surface area contributed by atoms with Crippen LogP contribution in [0.25, 0.3) is 10.6 Å². The van der Waals surface area contributed by atoms with Gasteiger partial charge >= 0.3 is 0 Å². The van der Waals surface area contributed by atoms with Crippen LogP contribution in [0.2, 0.25) is 0 Å². The van der Waals surface area contributed by atoms with Crippen LogP contribution in [0.15, 0.2) is 30.3 Å². The van der Waals surface area contributed by atoms with Gasteiger partial charge in [0.1, 0.15) is 9.88 Å². The lowest BCUT2D eigenvalue weighted by molar-refractivity contribution is 0.0730. The van der Waals surface area contributed by atoms with Crippen molar-refractivity contribution in [1.82, 2.24) is 9.88 Å². The maximum Gasteiger partial charge on any atom is 0.264 e. The van der Waals surface area contributed by atoms with E-state index in [4.69, 9.17) is 0 Å². The summed E-state index contributed by atoms with van der Waals surface area (Å²) in [6.07, 6.45) is 3.48. The lowest BCUT2D eigenvalue weighted by Crippen LogP contribution is -2.37. The molecule has 0 radical (unpaired) electrons. The summed E-state index contributed by atoms with van der Waals surface area (Å²) in [5, 5.41) is 0.934. The smallest absolute Gasteiger partial charge is 0.264 e. The number of piperidine rings is 1. The molecule has 0 N–H and O–H groups in total. The molecular weight excluding hydrogens is 267 g/mol. The molecule has 0 atom stereocenters. The zero-order valence-corrected chi connectivity index (χ0v) is 12.4. The molecule has 20 heavy (non-hydrogen) atoms. The van der Waals surface area contributed by atoms with Gasteiger partial charge in [0, 0.05) is 24.2 Å². The summed E-state index contributed by atoms with van der Waals surface area (Å²) in [5.41, 5.74) is 1.93. The molecule has 1 fully saturated rings. The lowest BCUT2D eigenvalue weighted by atomic mass is 10.0. The molecule has 1 aliphatic rings. The van der Waals surface area contributed by atoms with Crippen molar-refractivity contribution in [2.75, 3.05) is 13.1 Å². The zero-order valence-electron chi connectivity index (χ0n) is 11.6. The first-order valence-corrected chi connectivity index (χ1v) is 7.89. The number of amides is 1. The molecule has 0 bridgehead atoms. The van der Waals surface area contributed by atoms with E-state index >= 15 is 0 Å². The number of carbonyl (C=O) groups excluding carboxylic acids is 1. The molecule has 5 heteroatoms. The Morgan fingerprint density at radius 1 is 1.15 bits per heavy atom. The minimum absolute atomic E-state index is 0.155. The van der Waals surface area contributed by atoms with Crippen LogP contribution in [-0.4, -0.2) is 36.7 Å². The third-order valence-electron chi connectivity index (χ3n) is 3.65. The van der Waals surface area contributed by atoms with Gasteiger partial charge in [0.25, 0.3) is 5.91 Å². The molecule has 1 saturated heterocycles. The quantitative estimate of drug-likeness (QED) is 0.786. The van der Waals surface area contributed by atoms with Crippen molar-refractivity contribution < 1.29 is 4.79 Å². The SMILES string of the molecule is Bc1nc(-c2ccccc2)sc1C(=O)N1CCCCC1. The molecule has 1 amide bonds. The van der Waals surface area contributed by atoms with Gasteiger partial charge in [0.2, 0.25) is 0 Å². The highest BCUT2D eigenvalue weighted by Gasteiger charge is 2.22. The van der Waals surface area contributed by atoms with Crippen molar-refractivity contribution in [3.63, 3.8) is 0 Å². The molecule has 3 nitrogen and oxygen atoms in total. The van der Waals surface area contributed by atoms with Crippen LogP contribution in [0.1, 0.15) is 28.9 Å². The van der Waals surface area contributed by atoms with Gasteiger partial charge in [-0.3, -0.25) is 9.78 Å². The highest BCUT2D eigenvalue weighted by Crippen LogP contribution is 2.25. The molecule has 102 valence electrons. The van der Waals surface area contributed by atoms with Gasteiger partial charge in [-0.2, -0.15) is 0 Å². The van der Waals surface area contributed by atoms with E-state index in [1.165, 1.54) is 17.8 Å². The van der Waals surface area contributed by atoms with Crippen LogP contribution in [0.3, 0.4) is 0 Å². The highest BCUT2D eigenvalue weighted by atomic mass is 32.1. The Balaban J connectivity index is 1.87. The average molecular weight is 284 g/mol. The van der Waals surface area contributed by atoms with Gasteiger partial charge in [-0.25, -0.2) is 0 Å². The van der Waals surface area contributed by atoms with Gasteiger partial charge in [-0.05, 0) is 19.3 Å². The minimum atomic E-state index is 0.155. The van der Waals surface area contributed by atoms with Crippen LogP contribution in [0, 0.1) is 0 Å². The summed E-state index contributed by atoms with van der Waals surface area (Å²) >= 11 is 1.51. The van der Waals surface area contributed by atoms with Crippen LogP contribution in [0.5, 0.6) is 0 Å². The van der Waals surface area contributed by atoms with E-state index in [1.54, 1.807) is 0 Å². The topological polar surface area (TPSA) is 33.2 Å². The molecule has 2 aromatic rings. The van der Waals surface area contributed by atoms with Gasteiger partial charge in [-0.1, -0.05) is 30.3 Å². The third kappa shape index (κ3) is 2.63. The summed E-state index contributed by atoms with van der Waals surface area (Å²) in [5.74, 6) is 0.155. The predicted molar refractivity (Wildman–Crippen MR) is 85.5 cm³/mol. The number of carbonyl (C=O) groups is 1. The monoisotopic (exact) mass is 284 g/mol. The lowest BCUT2D eigenvalue weighted by Gasteiger charge is -2.26.